The Morgan fingerprint density at radius 2 is 2.04 bits per heavy atom. The normalized spacial score (nSPS) is 16.2. The van der Waals surface area contributed by atoms with Gasteiger partial charge in [-0.05, 0) is 49.2 Å². The number of nitrogens with one attached hydrogen (secondary N) is 1. The molecule has 1 aliphatic heterocycles. The van der Waals surface area contributed by atoms with Crippen LogP contribution in [0.15, 0.2) is 60.8 Å². The zero-order valence-electron chi connectivity index (χ0n) is 13.6. The fraction of sp³-hybridized carbons (Fsp3) is 0.200. The number of fused-ring (bicyclic) bond motifs is 2. The highest BCUT2D eigenvalue weighted by atomic mass is 16.2. The number of pyridine rings is 1. The van der Waals surface area contributed by atoms with Gasteiger partial charge in [0.1, 0.15) is 0 Å². The summed E-state index contributed by atoms with van der Waals surface area (Å²) < 4.78 is 0. The van der Waals surface area contributed by atoms with Crippen LogP contribution in [0, 0.1) is 0 Å². The molecule has 4 rings (SSSR count). The zero-order valence-corrected chi connectivity index (χ0v) is 13.6. The van der Waals surface area contributed by atoms with Gasteiger partial charge >= 0.3 is 0 Å². The van der Waals surface area contributed by atoms with Crippen molar-refractivity contribution < 1.29 is 4.79 Å². The van der Waals surface area contributed by atoms with E-state index in [9.17, 15) is 4.79 Å². The highest BCUT2D eigenvalue weighted by Gasteiger charge is 2.27. The molecule has 3 aromatic rings. The van der Waals surface area contributed by atoms with Crippen molar-refractivity contribution in [3.63, 3.8) is 0 Å². The lowest BCUT2D eigenvalue weighted by Crippen LogP contribution is -2.37. The highest BCUT2D eigenvalue weighted by molar-refractivity contribution is 6.02. The van der Waals surface area contributed by atoms with E-state index in [4.69, 9.17) is 0 Å². The van der Waals surface area contributed by atoms with Gasteiger partial charge < -0.3 is 10.2 Å². The molecule has 1 aromatic heterocycles. The molecule has 0 radical (unpaired) electrons. The minimum Gasteiger partial charge on any atom is -0.359 e. The molecule has 4 heteroatoms. The van der Waals surface area contributed by atoms with E-state index in [0.717, 1.165) is 23.0 Å². The van der Waals surface area contributed by atoms with Gasteiger partial charge in [0.25, 0.3) is 0 Å². The Balaban J connectivity index is 1.55. The molecule has 1 N–H and O–H groups in total. The molecule has 1 amide bonds. The molecule has 4 nitrogen and oxygen atoms in total. The Kier molecular flexibility index (Phi) is 3.65. The van der Waals surface area contributed by atoms with Crippen molar-refractivity contribution in [1.29, 1.82) is 0 Å². The molecule has 24 heavy (non-hydrogen) atoms. The molecule has 1 unspecified atom stereocenters. The maximum atomic E-state index is 12.6. The number of para-hydroxylation sites is 1. The average molecular weight is 317 g/mol. The summed E-state index contributed by atoms with van der Waals surface area (Å²) >= 11 is 0. The number of hydrogen-bond acceptors (Lipinski definition) is 3. The second-order valence-electron chi connectivity index (χ2n) is 6.23. The molecule has 2 aromatic carbocycles. The molecular formula is C20H19N3O. The third-order valence-electron chi connectivity index (χ3n) is 4.58. The summed E-state index contributed by atoms with van der Waals surface area (Å²) in [5.74, 6) is -0.00472. The number of nitrogens with zero attached hydrogens (tertiary/aromatic N) is 2. The van der Waals surface area contributed by atoms with Gasteiger partial charge in [-0.15, -0.1) is 0 Å². The van der Waals surface area contributed by atoms with Crippen LogP contribution in [0.25, 0.3) is 10.9 Å². The van der Waals surface area contributed by atoms with Crippen molar-refractivity contribution in [3.8, 4) is 0 Å². The number of carbonyl (C=O) groups is 1. The van der Waals surface area contributed by atoms with Crippen molar-refractivity contribution in [3.05, 3.63) is 66.4 Å². The Hall–Kier alpha value is -2.88. The summed E-state index contributed by atoms with van der Waals surface area (Å²) in [6.45, 7) is 2.52. The number of rotatable bonds is 3. The van der Waals surface area contributed by atoms with Crippen molar-refractivity contribution in [1.82, 2.24) is 4.98 Å². The molecule has 0 fully saturated rings. The molecule has 1 aliphatic rings. The molecule has 0 saturated carbocycles. The number of carbonyl (C=O) groups excluding carboxylic acids is 1. The first-order valence-corrected chi connectivity index (χ1v) is 8.20. The fourth-order valence-corrected chi connectivity index (χ4v) is 3.43. The maximum absolute atomic E-state index is 12.6. The maximum Gasteiger partial charge on any atom is 0.243 e. The van der Waals surface area contributed by atoms with Gasteiger partial charge in [0.15, 0.2) is 0 Å². The Bertz CT molecular complexity index is 901. The SMILES string of the molecule is CC1Cc2ccccc2N1CC(=O)Nc1cccc2ncccc12. The van der Waals surface area contributed by atoms with Crippen molar-refractivity contribution in [2.75, 3.05) is 16.8 Å². The first-order valence-electron chi connectivity index (χ1n) is 8.20. The van der Waals surface area contributed by atoms with Gasteiger partial charge in [0, 0.05) is 23.3 Å². The van der Waals surface area contributed by atoms with Gasteiger partial charge in [-0.25, -0.2) is 0 Å². The molecule has 0 aliphatic carbocycles. The van der Waals surface area contributed by atoms with Crippen LogP contribution < -0.4 is 10.2 Å². The predicted molar refractivity (Wildman–Crippen MR) is 97.3 cm³/mol. The van der Waals surface area contributed by atoms with Crippen LogP contribution in [0.1, 0.15) is 12.5 Å². The summed E-state index contributed by atoms with van der Waals surface area (Å²) in [5.41, 5.74) is 4.17. The molecule has 0 bridgehead atoms. The first kappa shape index (κ1) is 14.7. The smallest absolute Gasteiger partial charge is 0.243 e. The van der Waals surface area contributed by atoms with Gasteiger partial charge in [-0.1, -0.05) is 24.3 Å². The van der Waals surface area contributed by atoms with E-state index in [1.807, 2.05) is 36.4 Å². The van der Waals surface area contributed by atoms with Crippen LogP contribution in [0.2, 0.25) is 0 Å². The minimum absolute atomic E-state index is 0.00472. The van der Waals surface area contributed by atoms with Gasteiger partial charge in [-0.3, -0.25) is 9.78 Å². The summed E-state index contributed by atoms with van der Waals surface area (Å²) in [6, 6.07) is 18.3. The van der Waals surface area contributed by atoms with E-state index in [1.54, 1.807) is 6.20 Å². The fourth-order valence-electron chi connectivity index (χ4n) is 3.43. The predicted octanol–water partition coefficient (Wildman–Crippen LogP) is 3.62. The number of anilines is 2. The zero-order chi connectivity index (χ0) is 16.5. The second kappa shape index (κ2) is 5.96. The first-order chi connectivity index (χ1) is 11.7. The van der Waals surface area contributed by atoms with Crippen LogP contribution in [-0.2, 0) is 11.2 Å². The molecule has 120 valence electrons. The minimum atomic E-state index is -0.00472. The Morgan fingerprint density at radius 3 is 2.96 bits per heavy atom. The number of aromatic nitrogens is 1. The van der Waals surface area contributed by atoms with Crippen LogP contribution in [0.4, 0.5) is 11.4 Å². The summed E-state index contributed by atoms with van der Waals surface area (Å²) in [6.07, 6.45) is 2.75. The quantitative estimate of drug-likeness (QED) is 0.802. The Morgan fingerprint density at radius 1 is 1.17 bits per heavy atom. The summed E-state index contributed by atoms with van der Waals surface area (Å²) in [5, 5.41) is 4.00. The topological polar surface area (TPSA) is 45.2 Å². The molecule has 2 heterocycles. The van der Waals surface area contributed by atoms with Crippen molar-refractivity contribution in [2.45, 2.75) is 19.4 Å². The highest BCUT2D eigenvalue weighted by Crippen LogP contribution is 2.31. The van der Waals surface area contributed by atoms with Gasteiger partial charge in [-0.2, -0.15) is 0 Å². The number of amides is 1. The van der Waals surface area contributed by atoms with E-state index in [2.05, 4.69) is 40.3 Å². The Labute approximate surface area is 141 Å². The van der Waals surface area contributed by atoms with Crippen LogP contribution in [0.3, 0.4) is 0 Å². The molecule has 1 atom stereocenters. The van der Waals surface area contributed by atoms with E-state index in [0.29, 0.717) is 12.6 Å². The largest absolute Gasteiger partial charge is 0.359 e. The second-order valence-corrected chi connectivity index (χ2v) is 6.23. The van der Waals surface area contributed by atoms with Crippen LogP contribution in [0.5, 0.6) is 0 Å². The van der Waals surface area contributed by atoms with E-state index in [1.165, 1.54) is 11.3 Å². The average Bonchev–Trinajstić information content (AvgIpc) is 2.91. The molecular weight excluding hydrogens is 298 g/mol. The van der Waals surface area contributed by atoms with Crippen LogP contribution in [-0.4, -0.2) is 23.5 Å². The lowest BCUT2D eigenvalue weighted by molar-refractivity contribution is -0.115. The molecule has 0 saturated heterocycles. The monoisotopic (exact) mass is 317 g/mol. The van der Waals surface area contributed by atoms with Crippen molar-refractivity contribution in [2.24, 2.45) is 0 Å². The van der Waals surface area contributed by atoms with E-state index >= 15 is 0 Å². The lowest BCUT2D eigenvalue weighted by atomic mass is 10.1. The van der Waals surface area contributed by atoms with Gasteiger partial charge in [0.2, 0.25) is 5.91 Å². The standard InChI is InChI=1S/C20H19N3O/c1-14-12-15-6-2-3-10-19(15)23(14)13-20(24)22-18-9-4-8-17-16(18)7-5-11-21-17/h2-11,14H,12-13H2,1H3,(H,22,24). The summed E-state index contributed by atoms with van der Waals surface area (Å²) in [4.78, 5) is 19.1. The van der Waals surface area contributed by atoms with Gasteiger partial charge in [0.05, 0.1) is 17.7 Å². The van der Waals surface area contributed by atoms with E-state index in [-0.39, 0.29) is 5.91 Å². The number of benzene rings is 2. The van der Waals surface area contributed by atoms with Crippen molar-refractivity contribution >= 4 is 28.2 Å². The number of hydrogen-bond donors (Lipinski definition) is 1. The summed E-state index contributed by atoms with van der Waals surface area (Å²) in [7, 11) is 0. The third kappa shape index (κ3) is 2.60. The third-order valence-corrected chi connectivity index (χ3v) is 4.58. The lowest BCUT2D eigenvalue weighted by Gasteiger charge is -2.24. The van der Waals surface area contributed by atoms with E-state index < -0.39 is 0 Å². The molecule has 0 spiro atoms. The van der Waals surface area contributed by atoms with Crippen LogP contribution >= 0.6 is 0 Å².